The summed E-state index contributed by atoms with van der Waals surface area (Å²) in [5, 5.41) is 0. The van der Waals surface area contributed by atoms with Gasteiger partial charge in [-0.3, -0.25) is 4.79 Å². The van der Waals surface area contributed by atoms with Gasteiger partial charge in [0.25, 0.3) is 0 Å². The standard InChI is InChI=1S/C23H34O2/c1-3-4-5-6-7-8-9-10-11-12-13-14-15-16-17-18-19-20-21-22-23(24)25-2/h4-5,11-20H,3,6-10,21-22H2,1-2H3/b5-4+,12-11+,14-13+,16-15+,18-17+,20-19+. The molecule has 0 bridgehead atoms. The van der Waals surface area contributed by atoms with Gasteiger partial charge in [-0.25, -0.2) is 0 Å². The molecule has 0 aromatic heterocycles. The molecule has 0 saturated carbocycles. The van der Waals surface area contributed by atoms with E-state index in [2.05, 4.69) is 42.0 Å². The van der Waals surface area contributed by atoms with Crippen LogP contribution in [-0.2, 0) is 9.53 Å². The molecule has 0 heterocycles. The third kappa shape index (κ3) is 19.9. The zero-order valence-electron chi connectivity index (χ0n) is 15.9. The van der Waals surface area contributed by atoms with Crippen LogP contribution in [0.25, 0.3) is 0 Å². The van der Waals surface area contributed by atoms with Gasteiger partial charge in [0.05, 0.1) is 7.11 Å². The number of hydrogen-bond acceptors (Lipinski definition) is 2. The van der Waals surface area contributed by atoms with E-state index in [4.69, 9.17) is 0 Å². The fourth-order valence-electron chi connectivity index (χ4n) is 2.02. The monoisotopic (exact) mass is 342 g/mol. The zero-order valence-corrected chi connectivity index (χ0v) is 15.9. The lowest BCUT2D eigenvalue weighted by atomic mass is 10.1. The predicted octanol–water partition coefficient (Wildman–Crippen LogP) is 6.64. The number of rotatable bonds is 14. The van der Waals surface area contributed by atoms with Gasteiger partial charge < -0.3 is 4.74 Å². The molecule has 2 heteroatoms. The van der Waals surface area contributed by atoms with Crippen molar-refractivity contribution in [1.29, 1.82) is 0 Å². The second-order valence-corrected chi connectivity index (χ2v) is 5.64. The molecule has 0 atom stereocenters. The zero-order chi connectivity index (χ0) is 18.4. The van der Waals surface area contributed by atoms with Gasteiger partial charge in [-0.15, -0.1) is 0 Å². The molecule has 0 aromatic carbocycles. The van der Waals surface area contributed by atoms with E-state index in [1.54, 1.807) is 0 Å². The largest absolute Gasteiger partial charge is 0.469 e. The highest BCUT2D eigenvalue weighted by Crippen LogP contribution is 2.04. The van der Waals surface area contributed by atoms with E-state index >= 15 is 0 Å². The summed E-state index contributed by atoms with van der Waals surface area (Å²) in [5.41, 5.74) is 0. The molecule has 0 aliphatic carbocycles. The van der Waals surface area contributed by atoms with Gasteiger partial charge in [-0.1, -0.05) is 86.3 Å². The smallest absolute Gasteiger partial charge is 0.305 e. The third-order valence-electron chi connectivity index (χ3n) is 3.44. The molecule has 0 aromatic rings. The molecule has 0 radical (unpaired) electrons. The summed E-state index contributed by atoms with van der Waals surface area (Å²) in [7, 11) is 1.41. The summed E-state index contributed by atoms with van der Waals surface area (Å²) in [6, 6.07) is 0. The second kappa shape index (κ2) is 20.0. The molecular weight excluding hydrogens is 308 g/mol. The Kier molecular flexibility index (Phi) is 18.3. The van der Waals surface area contributed by atoms with Crippen molar-refractivity contribution < 1.29 is 9.53 Å². The molecule has 0 aliphatic rings. The molecular formula is C23H34O2. The Labute approximate surface area is 154 Å². The van der Waals surface area contributed by atoms with Crippen molar-refractivity contribution in [2.45, 2.75) is 58.3 Å². The van der Waals surface area contributed by atoms with Crippen LogP contribution in [0.2, 0.25) is 0 Å². The minimum Gasteiger partial charge on any atom is -0.469 e. The lowest BCUT2D eigenvalue weighted by molar-refractivity contribution is -0.140. The van der Waals surface area contributed by atoms with Crippen LogP contribution in [0.4, 0.5) is 0 Å². The maximum Gasteiger partial charge on any atom is 0.305 e. The van der Waals surface area contributed by atoms with E-state index in [1.165, 1.54) is 32.8 Å². The number of hydrogen-bond donors (Lipinski definition) is 0. The minimum absolute atomic E-state index is 0.171. The van der Waals surface area contributed by atoms with E-state index in [0.29, 0.717) is 12.8 Å². The average molecular weight is 343 g/mol. The van der Waals surface area contributed by atoms with Crippen molar-refractivity contribution >= 4 is 5.97 Å². The Hall–Kier alpha value is -2.09. The van der Waals surface area contributed by atoms with Crippen LogP contribution in [0.3, 0.4) is 0 Å². The molecule has 0 amide bonds. The normalized spacial score (nSPS) is 12.9. The quantitative estimate of drug-likeness (QED) is 0.153. The molecule has 0 aliphatic heterocycles. The summed E-state index contributed by atoms with van der Waals surface area (Å²) in [5.74, 6) is -0.171. The van der Waals surface area contributed by atoms with Crippen LogP contribution >= 0.6 is 0 Å². The van der Waals surface area contributed by atoms with E-state index in [1.807, 2.05) is 42.5 Å². The van der Waals surface area contributed by atoms with Crippen LogP contribution in [-0.4, -0.2) is 13.1 Å². The van der Waals surface area contributed by atoms with E-state index in [9.17, 15) is 4.79 Å². The van der Waals surface area contributed by atoms with Crippen molar-refractivity contribution in [3.05, 3.63) is 72.9 Å². The van der Waals surface area contributed by atoms with Crippen LogP contribution in [0, 0.1) is 0 Å². The van der Waals surface area contributed by atoms with Crippen molar-refractivity contribution in [1.82, 2.24) is 0 Å². The Morgan fingerprint density at radius 1 is 0.680 bits per heavy atom. The lowest BCUT2D eigenvalue weighted by Crippen LogP contribution is -1.97. The number of ether oxygens (including phenoxy) is 1. The van der Waals surface area contributed by atoms with Gasteiger partial charge >= 0.3 is 5.97 Å². The van der Waals surface area contributed by atoms with Crippen LogP contribution in [0.15, 0.2) is 72.9 Å². The summed E-state index contributed by atoms with van der Waals surface area (Å²) in [6.07, 6.45) is 33.3. The molecule has 138 valence electrons. The van der Waals surface area contributed by atoms with E-state index < -0.39 is 0 Å². The highest BCUT2D eigenvalue weighted by Gasteiger charge is 1.94. The highest BCUT2D eigenvalue weighted by molar-refractivity contribution is 5.69. The molecule has 0 spiro atoms. The minimum atomic E-state index is -0.171. The first-order chi connectivity index (χ1) is 12.3. The number of allylic oxidation sites excluding steroid dienone is 12. The summed E-state index contributed by atoms with van der Waals surface area (Å²) >= 11 is 0. The molecule has 0 fully saturated rings. The SMILES string of the molecule is CC/C=C/CCCCC/C=C/C=C/C=C/C=C/C=C/CCC(=O)OC. The van der Waals surface area contributed by atoms with Gasteiger partial charge in [0.15, 0.2) is 0 Å². The summed E-state index contributed by atoms with van der Waals surface area (Å²) < 4.78 is 4.57. The van der Waals surface area contributed by atoms with Crippen LogP contribution in [0.1, 0.15) is 58.3 Å². The third-order valence-corrected chi connectivity index (χ3v) is 3.44. The number of unbranched alkanes of at least 4 members (excludes halogenated alkanes) is 4. The van der Waals surface area contributed by atoms with Gasteiger partial charge in [-0.2, -0.15) is 0 Å². The fraction of sp³-hybridized carbons (Fsp3) is 0.435. The average Bonchev–Trinajstić information content (AvgIpc) is 2.63. The molecule has 0 rings (SSSR count). The van der Waals surface area contributed by atoms with E-state index in [0.717, 1.165) is 12.8 Å². The number of esters is 1. The first kappa shape index (κ1) is 22.9. The second-order valence-electron chi connectivity index (χ2n) is 5.64. The topological polar surface area (TPSA) is 26.3 Å². The Morgan fingerprint density at radius 3 is 1.76 bits per heavy atom. The molecule has 25 heavy (non-hydrogen) atoms. The van der Waals surface area contributed by atoms with Crippen molar-refractivity contribution in [3.63, 3.8) is 0 Å². The van der Waals surface area contributed by atoms with Crippen molar-refractivity contribution in [3.8, 4) is 0 Å². The first-order valence-electron chi connectivity index (χ1n) is 9.34. The molecule has 0 N–H and O–H groups in total. The van der Waals surface area contributed by atoms with E-state index in [-0.39, 0.29) is 5.97 Å². The van der Waals surface area contributed by atoms with Crippen molar-refractivity contribution in [2.75, 3.05) is 7.11 Å². The van der Waals surface area contributed by atoms with Crippen LogP contribution < -0.4 is 0 Å². The van der Waals surface area contributed by atoms with Gasteiger partial charge in [0.1, 0.15) is 0 Å². The molecule has 2 nitrogen and oxygen atoms in total. The van der Waals surface area contributed by atoms with Crippen LogP contribution in [0.5, 0.6) is 0 Å². The molecule has 0 unspecified atom stereocenters. The first-order valence-corrected chi connectivity index (χ1v) is 9.34. The number of carbonyl (C=O) groups is 1. The number of carbonyl (C=O) groups excluding carboxylic acids is 1. The van der Waals surface area contributed by atoms with Gasteiger partial charge in [0, 0.05) is 6.42 Å². The summed E-state index contributed by atoms with van der Waals surface area (Å²) in [6.45, 7) is 2.17. The highest BCUT2D eigenvalue weighted by atomic mass is 16.5. The maximum atomic E-state index is 10.9. The number of methoxy groups -OCH3 is 1. The van der Waals surface area contributed by atoms with Crippen molar-refractivity contribution in [2.24, 2.45) is 0 Å². The Bertz CT molecular complexity index is 476. The summed E-state index contributed by atoms with van der Waals surface area (Å²) in [4.78, 5) is 10.9. The Balaban J connectivity index is 3.58. The Morgan fingerprint density at radius 2 is 1.20 bits per heavy atom. The maximum absolute atomic E-state index is 10.9. The molecule has 0 saturated heterocycles. The fourth-order valence-corrected chi connectivity index (χ4v) is 2.02. The van der Waals surface area contributed by atoms with Gasteiger partial charge in [-0.05, 0) is 38.5 Å². The lowest BCUT2D eigenvalue weighted by Gasteiger charge is -1.94. The predicted molar refractivity (Wildman–Crippen MR) is 109 cm³/mol. The van der Waals surface area contributed by atoms with Gasteiger partial charge in [0.2, 0.25) is 0 Å².